The number of hydrogen-bond acceptors (Lipinski definition) is 2. The minimum absolute atomic E-state index is 0.756. The van der Waals surface area contributed by atoms with Gasteiger partial charge in [-0.15, -0.1) is 0 Å². The normalized spacial score (nSPS) is 48.9. The Kier molecular flexibility index (Phi) is 0.783. The fraction of sp³-hybridized carbons (Fsp3) is 1.00. The minimum atomic E-state index is 0.756. The van der Waals surface area contributed by atoms with E-state index in [1.807, 2.05) is 0 Å². The topological polar surface area (TPSA) is 6.25 Å². The van der Waals surface area contributed by atoms with Gasteiger partial charge in [-0.2, -0.15) is 0 Å². The molecule has 1 spiro atoms. The highest BCUT2D eigenvalue weighted by atomic mass is 15.6. The molecule has 0 aromatic heterocycles. The van der Waals surface area contributed by atoms with E-state index in [1.54, 1.807) is 0 Å². The molecule has 3 fully saturated rings. The lowest BCUT2D eigenvalue weighted by molar-refractivity contribution is 0.199. The molecule has 0 aromatic carbocycles. The maximum absolute atomic E-state index is 2.65. The van der Waals surface area contributed by atoms with Crippen molar-refractivity contribution < 1.29 is 0 Å². The number of likely N-dealkylation sites (tertiary alicyclic amines) is 1. The maximum Gasteiger partial charge on any atom is 0.0415 e. The summed E-state index contributed by atoms with van der Waals surface area (Å²) in [6.45, 7) is 4.07. The lowest BCUT2D eigenvalue weighted by Gasteiger charge is -2.31. The third kappa shape index (κ3) is 0.487. The van der Waals surface area contributed by atoms with Crippen molar-refractivity contribution in [3.63, 3.8) is 0 Å². The van der Waals surface area contributed by atoms with Gasteiger partial charge in [0.15, 0.2) is 0 Å². The standard InChI is InChI=1S/C8H14N2/c1-9-4-2-8(3-5-9)7-6-10(7)8/h7H,2-6H2,1H3. The summed E-state index contributed by atoms with van der Waals surface area (Å²) in [4.78, 5) is 5.10. The van der Waals surface area contributed by atoms with E-state index in [0.29, 0.717) is 0 Å². The molecule has 3 heterocycles. The van der Waals surface area contributed by atoms with Gasteiger partial charge in [0.25, 0.3) is 0 Å². The Bertz CT molecular complexity index is 160. The molecule has 2 atom stereocenters. The zero-order valence-electron chi connectivity index (χ0n) is 6.51. The second-order valence-electron chi connectivity index (χ2n) is 4.08. The summed E-state index contributed by atoms with van der Waals surface area (Å²) in [6, 6.07) is 1.04. The second-order valence-corrected chi connectivity index (χ2v) is 4.08. The van der Waals surface area contributed by atoms with Crippen LogP contribution < -0.4 is 0 Å². The quantitative estimate of drug-likeness (QED) is 0.439. The van der Waals surface area contributed by atoms with Crippen molar-refractivity contribution in [2.45, 2.75) is 24.4 Å². The molecule has 3 aliphatic heterocycles. The summed E-state index contributed by atoms with van der Waals surface area (Å²) < 4.78 is 0. The Morgan fingerprint density at radius 3 is 2.30 bits per heavy atom. The molecule has 3 aliphatic rings. The van der Waals surface area contributed by atoms with Crippen LogP contribution in [0.25, 0.3) is 0 Å². The van der Waals surface area contributed by atoms with Crippen molar-refractivity contribution >= 4 is 0 Å². The van der Waals surface area contributed by atoms with Crippen LogP contribution in [0.15, 0.2) is 0 Å². The summed E-state index contributed by atoms with van der Waals surface area (Å²) in [5, 5.41) is 0. The Labute approximate surface area is 61.8 Å². The van der Waals surface area contributed by atoms with Gasteiger partial charge in [-0.05, 0) is 33.0 Å². The van der Waals surface area contributed by atoms with E-state index < -0.39 is 0 Å². The molecule has 3 rings (SSSR count). The van der Waals surface area contributed by atoms with Crippen LogP contribution in [0.4, 0.5) is 0 Å². The van der Waals surface area contributed by atoms with Gasteiger partial charge in [-0.25, -0.2) is 0 Å². The molecule has 2 heteroatoms. The van der Waals surface area contributed by atoms with Crippen molar-refractivity contribution in [2.24, 2.45) is 0 Å². The van der Waals surface area contributed by atoms with Crippen molar-refractivity contribution in [1.29, 1.82) is 0 Å². The van der Waals surface area contributed by atoms with Gasteiger partial charge >= 0.3 is 0 Å². The predicted octanol–water partition coefficient (Wildman–Crippen LogP) is 0.149. The van der Waals surface area contributed by atoms with Gasteiger partial charge in [0.1, 0.15) is 0 Å². The first-order valence-electron chi connectivity index (χ1n) is 4.28. The summed E-state index contributed by atoms with van der Waals surface area (Å²) >= 11 is 0. The van der Waals surface area contributed by atoms with E-state index in [1.165, 1.54) is 32.5 Å². The number of fused-ring (bicyclic) bond motifs is 3. The number of rotatable bonds is 0. The van der Waals surface area contributed by atoms with Crippen LogP contribution in [-0.4, -0.2) is 48.1 Å². The molecular weight excluding hydrogens is 124 g/mol. The largest absolute Gasteiger partial charge is 0.306 e. The lowest BCUT2D eigenvalue weighted by atomic mass is 9.90. The highest BCUT2D eigenvalue weighted by Gasteiger charge is 2.73. The van der Waals surface area contributed by atoms with E-state index in [-0.39, 0.29) is 0 Å². The predicted molar refractivity (Wildman–Crippen MR) is 40.0 cm³/mol. The monoisotopic (exact) mass is 138 g/mol. The van der Waals surface area contributed by atoms with Crippen LogP contribution in [-0.2, 0) is 0 Å². The van der Waals surface area contributed by atoms with Crippen LogP contribution in [0.1, 0.15) is 12.8 Å². The highest BCUT2D eigenvalue weighted by Crippen LogP contribution is 2.59. The van der Waals surface area contributed by atoms with Crippen molar-refractivity contribution in [3.05, 3.63) is 0 Å². The van der Waals surface area contributed by atoms with Crippen LogP contribution in [0, 0.1) is 0 Å². The average Bonchev–Trinajstić information content (AvgIpc) is 2.75. The van der Waals surface area contributed by atoms with E-state index in [4.69, 9.17) is 0 Å². The zero-order chi connectivity index (χ0) is 6.77. The third-order valence-corrected chi connectivity index (χ3v) is 3.59. The summed E-state index contributed by atoms with van der Waals surface area (Å²) in [5.74, 6) is 0. The Hall–Kier alpha value is -0.0800. The van der Waals surface area contributed by atoms with E-state index in [0.717, 1.165) is 11.6 Å². The fourth-order valence-corrected chi connectivity index (χ4v) is 2.51. The number of nitrogens with zero attached hydrogens (tertiary/aromatic N) is 2. The fourth-order valence-electron chi connectivity index (χ4n) is 2.51. The molecule has 0 bridgehead atoms. The first-order chi connectivity index (χ1) is 4.83. The van der Waals surface area contributed by atoms with E-state index >= 15 is 0 Å². The van der Waals surface area contributed by atoms with Crippen molar-refractivity contribution in [3.8, 4) is 0 Å². The first-order valence-corrected chi connectivity index (χ1v) is 4.28. The lowest BCUT2D eigenvalue weighted by Crippen LogP contribution is -2.41. The molecule has 2 nitrogen and oxygen atoms in total. The van der Waals surface area contributed by atoms with Crippen LogP contribution in [0.2, 0.25) is 0 Å². The molecule has 10 heavy (non-hydrogen) atoms. The summed E-state index contributed by atoms with van der Waals surface area (Å²) in [7, 11) is 2.23. The van der Waals surface area contributed by atoms with Crippen LogP contribution >= 0.6 is 0 Å². The molecule has 0 saturated carbocycles. The van der Waals surface area contributed by atoms with Crippen LogP contribution in [0.5, 0.6) is 0 Å². The SMILES string of the molecule is CN1CCC2(CC1)C1CN12. The third-order valence-electron chi connectivity index (χ3n) is 3.59. The maximum atomic E-state index is 2.65. The molecular formula is C8H14N2. The Balaban J connectivity index is 1.70. The van der Waals surface area contributed by atoms with Gasteiger partial charge < -0.3 is 4.90 Å². The van der Waals surface area contributed by atoms with Gasteiger partial charge in [0.05, 0.1) is 0 Å². The Morgan fingerprint density at radius 2 is 1.90 bits per heavy atom. The minimum Gasteiger partial charge on any atom is -0.306 e. The highest BCUT2D eigenvalue weighted by molar-refractivity contribution is 5.31. The second kappa shape index (κ2) is 1.41. The molecule has 56 valence electrons. The van der Waals surface area contributed by atoms with Gasteiger partial charge in [0, 0.05) is 18.1 Å². The van der Waals surface area contributed by atoms with Crippen molar-refractivity contribution in [1.82, 2.24) is 9.80 Å². The van der Waals surface area contributed by atoms with E-state index in [9.17, 15) is 0 Å². The molecule has 0 radical (unpaired) electrons. The smallest absolute Gasteiger partial charge is 0.0415 e. The molecule has 0 N–H and O–H groups in total. The number of hydrogen-bond donors (Lipinski definition) is 0. The van der Waals surface area contributed by atoms with Crippen LogP contribution in [0.3, 0.4) is 0 Å². The first kappa shape index (κ1) is 5.56. The molecule has 0 amide bonds. The van der Waals surface area contributed by atoms with E-state index in [2.05, 4.69) is 16.8 Å². The Morgan fingerprint density at radius 1 is 1.30 bits per heavy atom. The summed E-state index contributed by atoms with van der Waals surface area (Å²) in [5.41, 5.74) is 0.756. The molecule has 3 saturated heterocycles. The molecule has 0 aliphatic carbocycles. The van der Waals surface area contributed by atoms with Gasteiger partial charge in [-0.3, -0.25) is 4.90 Å². The van der Waals surface area contributed by atoms with Crippen molar-refractivity contribution in [2.75, 3.05) is 26.7 Å². The summed E-state index contributed by atoms with van der Waals surface area (Å²) in [6.07, 6.45) is 2.88. The zero-order valence-corrected chi connectivity index (χ0v) is 6.51. The van der Waals surface area contributed by atoms with Gasteiger partial charge in [-0.1, -0.05) is 0 Å². The molecule has 2 unspecified atom stereocenters. The number of piperidine rings is 1. The van der Waals surface area contributed by atoms with Gasteiger partial charge in [0.2, 0.25) is 0 Å². The average molecular weight is 138 g/mol. The molecule has 0 aromatic rings.